The second-order valence-electron chi connectivity index (χ2n) is 6.38. The van der Waals surface area contributed by atoms with Gasteiger partial charge in [0.25, 0.3) is 0 Å². The van der Waals surface area contributed by atoms with Crippen LogP contribution in [-0.4, -0.2) is 23.0 Å². The second kappa shape index (κ2) is 5.26. The van der Waals surface area contributed by atoms with Gasteiger partial charge in [0, 0.05) is 17.6 Å². The normalized spacial score (nSPS) is 28.6. The van der Waals surface area contributed by atoms with Crippen LogP contribution in [0.15, 0.2) is 30.3 Å². The van der Waals surface area contributed by atoms with Gasteiger partial charge in [0.05, 0.1) is 0 Å². The molecule has 1 saturated heterocycles. The number of nitrogens with zero attached hydrogens (tertiary/aromatic N) is 1. The maximum atomic E-state index is 6.74. The SMILES string of the molecule is CC1CCCN1C1(C(N)c2ccccc2)CCCC1. The lowest BCUT2D eigenvalue weighted by Gasteiger charge is -2.46. The highest BCUT2D eigenvalue weighted by Crippen LogP contribution is 2.46. The molecule has 1 heterocycles. The summed E-state index contributed by atoms with van der Waals surface area (Å²) in [6.07, 6.45) is 7.89. The maximum Gasteiger partial charge on any atom is 0.0482 e. The van der Waals surface area contributed by atoms with Crippen molar-refractivity contribution in [2.75, 3.05) is 6.54 Å². The van der Waals surface area contributed by atoms with Crippen LogP contribution in [0.25, 0.3) is 0 Å². The summed E-state index contributed by atoms with van der Waals surface area (Å²) < 4.78 is 0. The molecule has 2 fully saturated rings. The minimum Gasteiger partial charge on any atom is -0.322 e. The highest BCUT2D eigenvalue weighted by atomic mass is 15.3. The first kappa shape index (κ1) is 13.1. The largest absolute Gasteiger partial charge is 0.322 e. The van der Waals surface area contributed by atoms with Gasteiger partial charge in [-0.1, -0.05) is 43.2 Å². The van der Waals surface area contributed by atoms with Crippen molar-refractivity contribution in [3.8, 4) is 0 Å². The van der Waals surface area contributed by atoms with Crippen molar-refractivity contribution in [3.05, 3.63) is 35.9 Å². The summed E-state index contributed by atoms with van der Waals surface area (Å²) in [5, 5.41) is 0. The Bertz CT molecular complexity index is 409. The molecular formula is C17H26N2. The van der Waals surface area contributed by atoms with Crippen LogP contribution in [0.2, 0.25) is 0 Å². The van der Waals surface area contributed by atoms with E-state index in [9.17, 15) is 0 Å². The van der Waals surface area contributed by atoms with E-state index in [2.05, 4.69) is 42.2 Å². The van der Waals surface area contributed by atoms with E-state index in [4.69, 9.17) is 5.73 Å². The third-order valence-electron chi connectivity index (χ3n) is 5.33. The van der Waals surface area contributed by atoms with Crippen molar-refractivity contribution in [1.29, 1.82) is 0 Å². The number of hydrogen-bond acceptors (Lipinski definition) is 2. The Morgan fingerprint density at radius 1 is 1.16 bits per heavy atom. The number of likely N-dealkylation sites (tertiary alicyclic amines) is 1. The lowest BCUT2D eigenvalue weighted by molar-refractivity contribution is 0.0599. The van der Waals surface area contributed by atoms with Gasteiger partial charge in [-0.15, -0.1) is 0 Å². The molecule has 104 valence electrons. The van der Waals surface area contributed by atoms with Gasteiger partial charge in [-0.3, -0.25) is 4.90 Å². The van der Waals surface area contributed by atoms with Crippen LogP contribution in [0.1, 0.15) is 57.1 Å². The van der Waals surface area contributed by atoms with Crippen LogP contribution in [0.4, 0.5) is 0 Å². The van der Waals surface area contributed by atoms with Gasteiger partial charge in [-0.05, 0) is 44.7 Å². The second-order valence-corrected chi connectivity index (χ2v) is 6.38. The average molecular weight is 258 g/mol. The Kier molecular flexibility index (Phi) is 3.64. The first-order valence-corrected chi connectivity index (χ1v) is 7.81. The first-order valence-electron chi connectivity index (χ1n) is 7.81. The van der Waals surface area contributed by atoms with Crippen molar-refractivity contribution in [3.63, 3.8) is 0 Å². The molecule has 19 heavy (non-hydrogen) atoms. The highest BCUT2D eigenvalue weighted by molar-refractivity contribution is 5.24. The molecule has 1 saturated carbocycles. The standard InChI is InChI=1S/C17H26N2/c1-14-8-7-13-19(14)17(11-5-6-12-17)16(18)15-9-3-2-4-10-15/h2-4,9-10,14,16H,5-8,11-13,18H2,1H3. The number of rotatable bonds is 3. The van der Waals surface area contributed by atoms with Crippen molar-refractivity contribution in [1.82, 2.24) is 4.90 Å². The Balaban J connectivity index is 1.92. The third kappa shape index (κ3) is 2.21. The van der Waals surface area contributed by atoms with Crippen LogP contribution in [0, 0.1) is 0 Å². The zero-order valence-corrected chi connectivity index (χ0v) is 12.0. The molecule has 2 nitrogen and oxygen atoms in total. The Labute approximate surface area is 117 Å². The van der Waals surface area contributed by atoms with E-state index in [0.29, 0.717) is 6.04 Å². The Morgan fingerprint density at radius 3 is 2.42 bits per heavy atom. The topological polar surface area (TPSA) is 29.3 Å². The number of nitrogens with two attached hydrogens (primary N) is 1. The summed E-state index contributed by atoms with van der Waals surface area (Å²) in [6.45, 7) is 3.62. The molecular weight excluding hydrogens is 232 g/mol. The molecule has 2 unspecified atom stereocenters. The molecule has 3 rings (SSSR count). The average Bonchev–Trinajstić information content (AvgIpc) is 3.08. The fourth-order valence-electron chi connectivity index (χ4n) is 4.33. The number of benzene rings is 1. The van der Waals surface area contributed by atoms with E-state index < -0.39 is 0 Å². The van der Waals surface area contributed by atoms with E-state index >= 15 is 0 Å². The molecule has 2 N–H and O–H groups in total. The molecule has 1 aliphatic carbocycles. The lowest BCUT2D eigenvalue weighted by Crippen LogP contribution is -2.55. The minimum absolute atomic E-state index is 0.164. The van der Waals surface area contributed by atoms with Crippen molar-refractivity contribution >= 4 is 0 Å². The van der Waals surface area contributed by atoms with E-state index in [0.717, 1.165) is 0 Å². The predicted molar refractivity (Wildman–Crippen MR) is 80.0 cm³/mol. The molecule has 0 spiro atoms. The van der Waals surface area contributed by atoms with E-state index in [1.54, 1.807) is 0 Å². The van der Waals surface area contributed by atoms with Crippen molar-refractivity contribution < 1.29 is 0 Å². The Morgan fingerprint density at radius 2 is 1.84 bits per heavy atom. The summed E-state index contributed by atoms with van der Waals surface area (Å²) in [6, 6.07) is 11.6. The molecule has 0 bridgehead atoms. The number of hydrogen-bond donors (Lipinski definition) is 1. The molecule has 1 aliphatic heterocycles. The van der Waals surface area contributed by atoms with Gasteiger partial charge in [0.15, 0.2) is 0 Å². The summed E-state index contributed by atoms with van der Waals surface area (Å²) in [5.41, 5.74) is 8.26. The van der Waals surface area contributed by atoms with Crippen molar-refractivity contribution in [2.45, 2.75) is 63.1 Å². The van der Waals surface area contributed by atoms with Crippen LogP contribution in [0.3, 0.4) is 0 Å². The molecule has 1 aromatic carbocycles. The fourth-order valence-corrected chi connectivity index (χ4v) is 4.33. The van der Waals surface area contributed by atoms with Gasteiger partial charge in [0.2, 0.25) is 0 Å². The molecule has 0 amide bonds. The van der Waals surface area contributed by atoms with Crippen LogP contribution < -0.4 is 5.73 Å². The van der Waals surface area contributed by atoms with Gasteiger partial charge >= 0.3 is 0 Å². The van der Waals surface area contributed by atoms with Crippen LogP contribution in [0.5, 0.6) is 0 Å². The molecule has 1 aromatic rings. The molecule has 2 atom stereocenters. The molecule has 2 heteroatoms. The minimum atomic E-state index is 0.164. The summed E-state index contributed by atoms with van der Waals surface area (Å²) in [7, 11) is 0. The maximum absolute atomic E-state index is 6.74. The van der Waals surface area contributed by atoms with E-state index in [1.807, 2.05) is 0 Å². The zero-order valence-electron chi connectivity index (χ0n) is 12.0. The third-order valence-corrected chi connectivity index (χ3v) is 5.33. The van der Waals surface area contributed by atoms with Gasteiger partial charge in [0.1, 0.15) is 0 Å². The Hall–Kier alpha value is -0.860. The van der Waals surface area contributed by atoms with E-state index in [-0.39, 0.29) is 11.6 Å². The van der Waals surface area contributed by atoms with Gasteiger partial charge in [-0.25, -0.2) is 0 Å². The van der Waals surface area contributed by atoms with Gasteiger partial charge < -0.3 is 5.73 Å². The molecule has 2 aliphatic rings. The zero-order chi connectivity index (χ0) is 13.3. The predicted octanol–water partition coefficient (Wildman–Crippen LogP) is 3.48. The van der Waals surface area contributed by atoms with Crippen LogP contribution >= 0.6 is 0 Å². The molecule has 0 aromatic heterocycles. The fraction of sp³-hybridized carbons (Fsp3) is 0.647. The van der Waals surface area contributed by atoms with Crippen molar-refractivity contribution in [2.24, 2.45) is 5.73 Å². The lowest BCUT2D eigenvalue weighted by atomic mass is 9.82. The van der Waals surface area contributed by atoms with Crippen LogP contribution in [-0.2, 0) is 0 Å². The quantitative estimate of drug-likeness (QED) is 0.899. The summed E-state index contributed by atoms with van der Waals surface area (Å²) in [4.78, 5) is 2.73. The molecule has 0 radical (unpaired) electrons. The summed E-state index contributed by atoms with van der Waals surface area (Å²) >= 11 is 0. The van der Waals surface area contributed by atoms with E-state index in [1.165, 1.54) is 50.6 Å². The monoisotopic (exact) mass is 258 g/mol. The first-order chi connectivity index (χ1) is 9.24. The summed E-state index contributed by atoms with van der Waals surface area (Å²) in [5.74, 6) is 0. The highest BCUT2D eigenvalue weighted by Gasteiger charge is 2.47. The van der Waals surface area contributed by atoms with Gasteiger partial charge in [-0.2, -0.15) is 0 Å². The smallest absolute Gasteiger partial charge is 0.0482 e.